The summed E-state index contributed by atoms with van der Waals surface area (Å²) in [5.41, 5.74) is 13.6. The standard InChI is InChI=1S/C9H14N2O2S/c10-6-8-1-2-9(11)5-7(8)3-4-14(12)13/h1-2,5H,3-4,6,10-11H2,(H,12,13)/p-1. The Labute approximate surface area is 85.6 Å². The predicted molar refractivity (Wildman–Crippen MR) is 56.2 cm³/mol. The molecule has 1 aromatic carbocycles. The summed E-state index contributed by atoms with van der Waals surface area (Å²) >= 11 is -2.01. The Morgan fingerprint density at radius 1 is 1.36 bits per heavy atom. The Kier molecular flexibility index (Phi) is 4.06. The lowest BCUT2D eigenvalue weighted by Crippen LogP contribution is -2.06. The van der Waals surface area contributed by atoms with Crippen LogP contribution in [0.3, 0.4) is 0 Å². The number of hydrogen-bond donors (Lipinski definition) is 2. The lowest BCUT2D eigenvalue weighted by atomic mass is 10.0. The van der Waals surface area contributed by atoms with Gasteiger partial charge in [0.05, 0.1) is 0 Å². The largest absolute Gasteiger partial charge is 0.772 e. The fourth-order valence-corrected chi connectivity index (χ4v) is 1.66. The smallest absolute Gasteiger partial charge is 0.0316 e. The van der Waals surface area contributed by atoms with Crippen molar-refractivity contribution in [1.29, 1.82) is 0 Å². The van der Waals surface area contributed by atoms with E-state index < -0.39 is 11.1 Å². The normalized spacial score (nSPS) is 12.7. The van der Waals surface area contributed by atoms with Crippen molar-refractivity contribution in [2.75, 3.05) is 11.5 Å². The van der Waals surface area contributed by atoms with Crippen molar-refractivity contribution in [3.63, 3.8) is 0 Å². The molecule has 4 N–H and O–H groups in total. The van der Waals surface area contributed by atoms with E-state index in [2.05, 4.69) is 0 Å². The molecule has 4 nitrogen and oxygen atoms in total. The monoisotopic (exact) mass is 213 g/mol. The maximum Gasteiger partial charge on any atom is 0.0316 e. The van der Waals surface area contributed by atoms with Crippen molar-refractivity contribution in [3.8, 4) is 0 Å². The first-order valence-corrected chi connectivity index (χ1v) is 5.51. The molecule has 0 saturated heterocycles. The SMILES string of the molecule is NCc1ccc(N)cc1CCS(=O)[O-]. The molecule has 0 heterocycles. The van der Waals surface area contributed by atoms with Crippen LogP contribution in [0.15, 0.2) is 18.2 Å². The highest BCUT2D eigenvalue weighted by Crippen LogP contribution is 2.14. The topological polar surface area (TPSA) is 92.2 Å². The molecule has 0 fully saturated rings. The minimum atomic E-state index is -2.01. The van der Waals surface area contributed by atoms with Crippen molar-refractivity contribution in [2.24, 2.45) is 5.73 Å². The maximum absolute atomic E-state index is 10.4. The van der Waals surface area contributed by atoms with Gasteiger partial charge in [0.1, 0.15) is 0 Å². The summed E-state index contributed by atoms with van der Waals surface area (Å²) in [6.07, 6.45) is 0.466. The van der Waals surface area contributed by atoms with E-state index in [0.717, 1.165) is 11.1 Å². The van der Waals surface area contributed by atoms with Crippen molar-refractivity contribution in [2.45, 2.75) is 13.0 Å². The Morgan fingerprint density at radius 3 is 2.64 bits per heavy atom. The van der Waals surface area contributed by atoms with E-state index in [1.54, 1.807) is 12.1 Å². The fraction of sp³-hybridized carbons (Fsp3) is 0.333. The van der Waals surface area contributed by atoms with Crippen LogP contribution in [0, 0.1) is 0 Å². The summed E-state index contributed by atoms with van der Waals surface area (Å²) in [4.78, 5) is 0. The summed E-state index contributed by atoms with van der Waals surface area (Å²) in [6, 6.07) is 5.37. The predicted octanol–water partition coefficient (Wildman–Crippen LogP) is 0.149. The average molecular weight is 213 g/mol. The highest BCUT2D eigenvalue weighted by Gasteiger charge is 2.01. The molecule has 0 bridgehead atoms. The van der Waals surface area contributed by atoms with E-state index in [-0.39, 0.29) is 5.75 Å². The van der Waals surface area contributed by atoms with Crippen LogP contribution in [-0.4, -0.2) is 14.5 Å². The summed E-state index contributed by atoms with van der Waals surface area (Å²) in [7, 11) is 0. The van der Waals surface area contributed by atoms with E-state index in [0.29, 0.717) is 18.7 Å². The molecule has 1 aromatic rings. The van der Waals surface area contributed by atoms with Crippen LogP contribution in [0.1, 0.15) is 11.1 Å². The third-order valence-electron chi connectivity index (χ3n) is 1.99. The maximum atomic E-state index is 10.4. The molecule has 1 atom stereocenters. The van der Waals surface area contributed by atoms with Gasteiger partial charge in [-0.25, -0.2) is 0 Å². The molecular weight excluding hydrogens is 200 g/mol. The van der Waals surface area contributed by atoms with E-state index in [9.17, 15) is 8.76 Å². The second-order valence-electron chi connectivity index (χ2n) is 2.99. The quantitative estimate of drug-likeness (QED) is 0.550. The number of nitrogen functional groups attached to an aromatic ring is 1. The molecular formula is C9H13N2O2S-. The van der Waals surface area contributed by atoms with E-state index >= 15 is 0 Å². The molecule has 0 aliphatic rings. The van der Waals surface area contributed by atoms with Gasteiger partial charge in [-0.3, -0.25) is 4.21 Å². The van der Waals surface area contributed by atoms with Crippen LogP contribution in [-0.2, 0) is 24.0 Å². The second kappa shape index (κ2) is 5.09. The Hall–Kier alpha value is -0.910. The van der Waals surface area contributed by atoms with Crippen molar-refractivity contribution in [1.82, 2.24) is 0 Å². The number of rotatable bonds is 4. The van der Waals surface area contributed by atoms with Gasteiger partial charge in [-0.2, -0.15) is 0 Å². The zero-order chi connectivity index (χ0) is 10.6. The van der Waals surface area contributed by atoms with Crippen molar-refractivity contribution in [3.05, 3.63) is 29.3 Å². The van der Waals surface area contributed by atoms with Gasteiger partial charge in [-0.15, -0.1) is 0 Å². The molecule has 0 aliphatic heterocycles. The second-order valence-corrected chi connectivity index (χ2v) is 4.01. The van der Waals surface area contributed by atoms with Gasteiger partial charge in [0.15, 0.2) is 0 Å². The van der Waals surface area contributed by atoms with Gasteiger partial charge in [0.25, 0.3) is 0 Å². The zero-order valence-corrected chi connectivity index (χ0v) is 8.55. The molecule has 5 heteroatoms. The van der Waals surface area contributed by atoms with Gasteiger partial charge in [0, 0.05) is 18.0 Å². The first-order chi connectivity index (χ1) is 6.63. The van der Waals surface area contributed by atoms with Crippen LogP contribution in [0.5, 0.6) is 0 Å². The lowest BCUT2D eigenvalue weighted by Gasteiger charge is -2.10. The lowest BCUT2D eigenvalue weighted by molar-refractivity contribution is 0.536. The van der Waals surface area contributed by atoms with Crippen LogP contribution < -0.4 is 11.5 Å². The van der Waals surface area contributed by atoms with E-state index in [1.807, 2.05) is 6.07 Å². The van der Waals surface area contributed by atoms with Gasteiger partial charge < -0.3 is 16.0 Å². The van der Waals surface area contributed by atoms with Crippen molar-refractivity contribution < 1.29 is 8.76 Å². The molecule has 0 aliphatic carbocycles. The van der Waals surface area contributed by atoms with Crippen LogP contribution in [0.2, 0.25) is 0 Å². The third kappa shape index (κ3) is 3.10. The molecule has 0 radical (unpaired) electrons. The van der Waals surface area contributed by atoms with Crippen LogP contribution >= 0.6 is 0 Å². The van der Waals surface area contributed by atoms with Gasteiger partial charge in [-0.1, -0.05) is 17.1 Å². The third-order valence-corrected chi connectivity index (χ3v) is 2.53. The highest BCUT2D eigenvalue weighted by atomic mass is 32.2. The summed E-state index contributed by atoms with van der Waals surface area (Å²) in [5.74, 6) is 0.108. The Morgan fingerprint density at radius 2 is 2.07 bits per heavy atom. The fourth-order valence-electron chi connectivity index (χ4n) is 1.27. The first-order valence-electron chi connectivity index (χ1n) is 4.26. The zero-order valence-electron chi connectivity index (χ0n) is 7.73. The molecule has 14 heavy (non-hydrogen) atoms. The molecule has 0 spiro atoms. The molecule has 0 saturated carbocycles. The van der Waals surface area contributed by atoms with Gasteiger partial charge in [-0.05, 0) is 29.7 Å². The van der Waals surface area contributed by atoms with E-state index in [1.165, 1.54) is 0 Å². The summed E-state index contributed by atoms with van der Waals surface area (Å²) in [6.45, 7) is 0.404. The number of benzene rings is 1. The van der Waals surface area contributed by atoms with Gasteiger partial charge >= 0.3 is 0 Å². The number of hydrogen-bond acceptors (Lipinski definition) is 4. The Bertz CT molecular complexity index is 342. The molecule has 0 aromatic heterocycles. The first kappa shape index (κ1) is 11.2. The van der Waals surface area contributed by atoms with E-state index in [4.69, 9.17) is 11.5 Å². The summed E-state index contributed by atoms with van der Waals surface area (Å²) < 4.78 is 20.8. The molecule has 1 unspecified atom stereocenters. The van der Waals surface area contributed by atoms with Gasteiger partial charge in [0.2, 0.25) is 0 Å². The molecule has 1 rings (SSSR count). The molecule has 0 amide bonds. The Balaban J connectivity index is 2.82. The average Bonchev–Trinajstić information content (AvgIpc) is 2.15. The minimum Gasteiger partial charge on any atom is -0.772 e. The number of aryl methyl sites for hydroxylation is 1. The molecule has 78 valence electrons. The summed E-state index contributed by atoms with van der Waals surface area (Å²) in [5, 5.41) is 0. The van der Waals surface area contributed by atoms with Crippen molar-refractivity contribution >= 4 is 16.8 Å². The van der Waals surface area contributed by atoms with Crippen LogP contribution in [0.25, 0.3) is 0 Å². The minimum absolute atomic E-state index is 0.108. The highest BCUT2D eigenvalue weighted by molar-refractivity contribution is 7.79. The number of anilines is 1. The number of nitrogens with two attached hydrogens (primary N) is 2. The van der Waals surface area contributed by atoms with Crippen LogP contribution in [0.4, 0.5) is 5.69 Å².